The van der Waals surface area contributed by atoms with Crippen LogP contribution >= 0.6 is 0 Å². The van der Waals surface area contributed by atoms with E-state index >= 15 is 0 Å². The van der Waals surface area contributed by atoms with E-state index < -0.39 is 0 Å². The van der Waals surface area contributed by atoms with Gasteiger partial charge in [-0.15, -0.1) is 0 Å². The molecule has 0 spiro atoms. The van der Waals surface area contributed by atoms with E-state index in [0.717, 1.165) is 17.1 Å². The quantitative estimate of drug-likeness (QED) is 0.853. The molecule has 0 aromatic heterocycles. The van der Waals surface area contributed by atoms with Crippen molar-refractivity contribution in [2.45, 2.75) is 19.9 Å². The number of anilines is 2. The highest BCUT2D eigenvalue weighted by Gasteiger charge is 2.12. The van der Waals surface area contributed by atoms with Crippen LogP contribution in [-0.4, -0.2) is 18.6 Å². The molecular formula is C17H20N2O2. The largest absolute Gasteiger partial charge is 0.494 e. The zero-order chi connectivity index (χ0) is 15.1. The summed E-state index contributed by atoms with van der Waals surface area (Å²) in [5.74, 6) is 0.750. The average molecular weight is 284 g/mol. The number of benzene rings is 2. The van der Waals surface area contributed by atoms with Gasteiger partial charge in [-0.3, -0.25) is 4.79 Å². The zero-order valence-electron chi connectivity index (χ0n) is 12.3. The lowest BCUT2D eigenvalue weighted by atomic mass is 10.2. The third-order valence-corrected chi connectivity index (χ3v) is 2.98. The summed E-state index contributed by atoms with van der Waals surface area (Å²) in [5, 5.41) is 6.03. The average Bonchev–Trinajstić information content (AvgIpc) is 2.50. The first kappa shape index (κ1) is 14.9. The molecule has 110 valence electrons. The van der Waals surface area contributed by atoms with Gasteiger partial charge in [-0.1, -0.05) is 18.2 Å². The minimum atomic E-state index is -0.330. The van der Waals surface area contributed by atoms with E-state index in [1.54, 1.807) is 0 Å². The van der Waals surface area contributed by atoms with Crippen molar-refractivity contribution in [2.75, 3.05) is 17.2 Å². The summed E-state index contributed by atoms with van der Waals surface area (Å²) < 4.78 is 5.39. The Hall–Kier alpha value is -2.49. The molecule has 0 unspecified atom stereocenters. The van der Waals surface area contributed by atoms with Gasteiger partial charge in [0.2, 0.25) is 5.91 Å². The SMILES string of the molecule is CCOc1ccc(N[C@H](C)C(=O)Nc2ccccc2)cc1. The van der Waals surface area contributed by atoms with Crippen molar-refractivity contribution >= 4 is 17.3 Å². The number of hydrogen-bond donors (Lipinski definition) is 2. The van der Waals surface area contributed by atoms with Crippen LogP contribution in [0.1, 0.15) is 13.8 Å². The number of carbonyl (C=O) groups is 1. The predicted molar refractivity (Wildman–Crippen MR) is 85.8 cm³/mol. The Kier molecular flexibility index (Phi) is 5.21. The lowest BCUT2D eigenvalue weighted by Gasteiger charge is -2.15. The first-order valence-electron chi connectivity index (χ1n) is 7.04. The Labute approximate surface area is 125 Å². The number of hydrogen-bond acceptors (Lipinski definition) is 3. The molecule has 0 saturated carbocycles. The minimum absolute atomic E-state index is 0.0740. The van der Waals surface area contributed by atoms with Gasteiger partial charge >= 0.3 is 0 Å². The molecule has 0 aliphatic carbocycles. The molecule has 4 heteroatoms. The number of amides is 1. The van der Waals surface area contributed by atoms with Crippen LogP contribution < -0.4 is 15.4 Å². The molecule has 21 heavy (non-hydrogen) atoms. The molecule has 4 nitrogen and oxygen atoms in total. The molecule has 2 aromatic carbocycles. The molecule has 0 bridgehead atoms. The predicted octanol–water partition coefficient (Wildman–Crippen LogP) is 3.52. The number of nitrogens with one attached hydrogen (secondary N) is 2. The molecule has 2 rings (SSSR count). The summed E-state index contributed by atoms with van der Waals surface area (Å²) in [6.45, 7) is 4.42. The van der Waals surface area contributed by atoms with Crippen LogP contribution in [-0.2, 0) is 4.79 Å². The standard InChI is InChI=1S/C17H20N2O2/c1-3-21-16-11-9-15(10-12-16)18-13(2)17(20)19-14-7-5-4-6-8-14/h4-13,18H,3H2,1-2H3,(H,19,20)/t13-/m1/s1. The van der Waals surface area contributed by atoms with Crippen molar-refractivity contribution in [3.8, 4) is 5.75 Å². The van der Waals surface area contributed by atoms with Gasteiger partial charge in [-0.2, -0.15) is 0 Å². The molecule has 0 radical (unpaired) electrons. The Morgan fingerprint density at radius 1 is 1.05 bits per heavy atom. The van der Waals surface area contributed by atoms with E-state index in [1.165, 1.54) is 0 Å². The summed E-state index contributed by atoms with van der Waals surface area (Å²) in [7, 11) is 0. The molecule has 0 aliphatic heterocycles. The Balaban J connectivity index is 1.91. The van der Waals surface area contributed by atoms with Gasteiger partial charge in [-0.05, 0) is 50.2 Å². The summed E-state index contributed by atoms with van der Waals surface area (Å²) in [6.07, 6.45) is 0. The lowest BCUT2D eigenvalue weighted by molar-refractivity contribution is -0.116. The topological polar surface area (TPSA) is 50.4 Å². The van der Waals surface area contributed by atoms with Gasteiger partial charge in [0.15, 0.2) is 0 Å². The molecule has 0 heterocycles. The molecule has 2 N–H and O–H groups in total. The fourth-order valence-corrected chi connectivity index (χ4v) is 1.90. The van der Waals surface area contributed by atoms with Gasteiger partial charge in [0.25, 0.3) is 0 Å². The zero-order valence-corrected chi connectivity index (χ0v) is 12.3. The van der Waals surface area contributed by atoms with Crippen LogP contribution in [0.3, 0.4) is 0 Å². The highest BCUT2D eigenvalue weighted by atomic mass is 16.5. The molecule has 0 fully saturated rings. The second kappa shape index (κ2) is 7.33. The summed E-state index contributed by atoms with van der Waals surface area (Å²) in [6, 6.07) is 16.7. The van der Waals surface area contributed by atoms with Crippen LogP contribution in [0.25, 0.3) is 0 Å². The van der Waals surface area contributed by atoms with Crippen molar-refractivity contribution in [1.82, 2.24) is 0 Å². The van der Waals surface area contributed by atoms with Crippen molar-refractivity contribution < 1.29 is 9.53 Å². The van der Waals surface area contributed by atoms with E-state index in [1.807, 2.05) is 68.4 Å². The molecular weight excluding hydrogens is 264 g/mol. The third kappa shape index (κ3) is 4.53. The van der Waals surface area contributed by atoms with E-state index in [-0.39, 0.29) is 11.9 Å². The van der Waals surface area contributed by atoms with Gasteiger partial charge in [0.1, 0.15) is 11.8 Å². The normalized spacial score (nSPS) is 11.5. The van der Waals surface area contributed by atoms with Crippen LogP contribution in [0.4, 0.5) is 11.4 Å². The number of rotatable bonds is 6. The minimum Gasteiger partial charge on any atom is -0.494 e. The number of carbonyl (C=O) groups excluding carboxylic acids is 1. The maximum absolute atomic E-state index is 12.1. The first-order chi connectivity index (χ1) is 10.2. The van der Waals surface area contributed by atoms with Gasteiger partial charge in [-0.25, -0.2) is 0 Å². The first-order valence-corrected chi connectivity index (χ1v) is 7.04. The monoisotopic (exact) mass is 284 g/mol. The summed E-state index contributed by atoms with van der Waals surface area (Å²) in [4.78, 5) is 12.1. The van der Waals surface area contributed by atoms with E-state index in [9.17, 15) is 4.79 Å². The van der Waals surface area contributed by atoms with Crippen LogP contribution in [0.2, 0.25) is 0 Å². The van der Waals surface area contributed by atoms with Crippen molar-refractivity contribution in [2.24, 2.45) is 0 Å². The van der Waals surface area contributed by atoms with Crippen molar-refractivity contribution in [3.05, 3.63) is 54.6 Å². The van der Waals surface area contributed by atoms with Crippen LogP contribution in [0, 0.1) is 0 Å². The highest BCUT2D eigenvalue weighted by Crippen LogP contribution is 2.16. The number of para-hydroxylation sites is 1. The van der Waals surface area contributed by atoms with Gasteiger partial charge < -0.3 is 15.4 Å². The Bertz CT molecular complexity index is 567. The Morgan fingerprint density at radius 3 is 2.33 bits per heavy atom. The molecule has 1 amide bonds. The maximum Gasteiger partial charge on any atom is 0.246 e. The fourth-order valence-electron chi connectivity index (χ4n) is 1.90. The van der Waals surface area contributed by atoms with E-state index in [2.05, 4.69) is 10.6 Å². The van der Waals surface area contributed by atoms with Gasteiger partial charge in [0.05, 0.1) is 6.61 Å². The van der Waals surface area contributed by atoms with E-state index in [4.69, 9.17) is 4.74 Å². The van der Waals surface area contributed by atoms with Crippen LogP contribution in [0.15, 0.2) is 54.6 Å². The smallest absolute Gasteiger partial charge is 0.246 e. The molecule has 0 saturated heterocycles. The van der Waals surface area contributed by atoms with Crippen molar-refractivity contribution in [1.29, 1.82) is 0 Å². The summed E-state index contributed by atoms with van der Waals surface area (Å²) in [5.41, 5.74) is 1.68. The third-order valence-electron chi connectivity index (χ3n) is 2.98. The second-order valence-corrected chi connectivity index (χ2v) is 4.68. The van der Waals surface area contributed by atoms with Crippen molar-refractivity contribution in [3.63, 3.8) is 0 Å². The maximum atomic E-state index is 12.1. The second-order valence-electron chi connectivity index (χ2n) is 4.68. The number of ether oxygens (including phenoxy) is 1. The molecule has 1 atom stereocenters. The Morgan fingerprint density at radius 2 is 1.71 bits per heavy atom. The van der Waals surface area contributed by atoms with E-state index in [0.29, 0.717) is 6.61 Å². The van der Waals surface area contributed by atoms with Gasteiger partial charge in [0, 0.05) is 11.4 Å². The summed E-state index contributed by atoms with van der Waals surface area (Å²) >= 11 is 0. The highest BCUT2D eigenvalue weighted by molar-refractivity contribution is 5.96. The fraction of sp³-hybridized carbons (Fsp3) is 0.235. The molecule has 0 aliphatic rings. The lowest BCUT2D eigenvalue weighted by Crippen LogP contribution is -2.31. The molecule has 2 aromatic rings. The van der Waals surface area contributed by atoms with Crippen LogP contribution in [0.5, 0.6) is 5.75 Å².